The van der Waals surface area contributed by atoms with Crippen molar-refractivity contribution < 1.29 is 0 Å². The number of hydrogen-bond acceptors (Lipinski definition) is 3. The fourth-order valence-corrected chi connectivity index (χ4v) is 2.55. The van der Waals surface area contributed by atoms with Crippen LogP contribution in [0.4, 0.5) is 0 Å². The van der Waals surface area contributed by atoms with Crippen LogP contribution in [0.25, 0.3) is 0 Å². The van der Waals surface area contributed by atoms with Crippen molar-refractivity contribution in [3.63, 3.8) is 0 Å². The zero-order valence-corrected chi connectivity index (χ0v) is 11.5. The van der Waals surface area contributed by atoms with E-state index in [1.54, 1.807) is 0 Å². The summed E-state index contributed by atoms with van der Waals surface area (Å²) in [6, 6.07) is 0.731. The highest BCUT2D eigenvalue weighted by Crippen LogP contribution is 2.20. The van der Waals surface area contributed by atoms with Gasteiger partial charge in [-0.3, -0.25) is 4.90 Å². The van der Waals surface area contributed by atoms with Gasteiger partial charge in [-0.15, -0.1) is 0 Å². The molecular weight excluding hydrogens is 198 g/mol. The summed E-state index contributed by atoms with van der Waals surface area (Å²) < 4.78 is 0. The lowest BCUT2D eigenvalue weighted by Gasteiger charge is -2.41. The molecule has 96 valence electrons. The molecule has 0 aromatic heterocycles. The molecule has 2 N–H and O–H groups in total. The van der Waals surface area contributed by atoms with E-state index >= 15 is 0 Å². The number of rotatable bonds is 5. The van der Waals surface area contributed by atoms with Crippen molar-refractivity contribution in [2.75, 3.05) is 39.8 Å². The van der Waals surface area contributed by atoms with Crippen molar-refractivity contribution in [1.29, 1.82) is 0 Å². The summed E-state index contributed by atoms with van der Waals surface area (Å²) in [5, 5.41) is 0. The molecule has 1 heterocycles. The molecule has 0 radical (unpaired) electrons. The highest BCUT2D eigenvalue weighted by Gasteiger charge is 2.27. The number of likely N-dealkylation sites (tertiary alicyclic amines) is 1. The maximum Gasteiger partial charge on any atom is 0.0223 e. The Balaban J connectivity index is 2.52. The third-order valence-electron chi connectivity index (χ3n) is 3.71. The minimum atomic E-state index is 0.242. The van der Waals surface area contributed by atoms with Gasteiger partial charge in [0.05, 0.1) is 0 Å². The minimum absolute atomic E-state index is 0.242. The van der Waals surface area contributed by atoms with E-state index in [0.29, 0.717) is 0 Å². The summed E-state index contributed by atoms with van der Waals surface area (Å²) in [5.41, 5.74) is 6.07. The molecule has 0 saturated carbocycles. The Morgan fingerprint density at radius 1 is 1.44 bits per heavy atom. The number of nitrogens with two attached hydrogens (primary N) is 1. The summed E-state index contributed by atoms with van der Waals surface area (Å²) in [4.78, 5) is 5.06. The third kappa shape index (κ3) is 4.04. The second kappa shape index (κ2) is 5.99. The van der Waals surface area contributed by atoms with Crippen molar-refractivity contribution in [2.45, 2.75) is 39.7 Å². The zero-order valence-electron chi connectivity index (χ0n) is 11.5. The van der Waals surface area contributed by atoms with Gasteiger partial charge in [0.1, 0.15) is 0 Å². The lowest BCUT2D eigenvalue weighted by molar-refractivity contribution is 0.0836. The molecule has 1 unspecified atom stereocenters. The van der Waals surface area contributed by atoms with Crippen molar-refractivity contribution >= 4 is 0 Å². The Bertz CT molecular complexity index is 203. The summed E-state index contributed by atoms with van der Waals surface area (Å²) in [7, 11) is 2.23. The van der Waals surface area contributed by atoms with Crippen molar-refractivity contribution in [3.8, 4) is 0 Å². The number of nitrogens with zero attached hydrogens (tertiary/aromatic N) is 2. The monoisotopic (exact) mass is 227 g/mol. The Labute approximate surface area is 101 Å². The average Bonchev–Trinajstić information content (AvgIpc) is 2.26. The van der Waals surface area contributed by atoms with Crippen molar-refractivity contribution in [2.24, 2.45) is 11.1 Å². The maximum absolute atomic E-state index is 5.83. The molecule has 1 saturated heterocycles. The predicted octanol–water partition coefficient (Wildman–Crippen LogP) is 1.39. The molecule has 0 spiro atoms. The molecule has 3 nitrogen and oxygen atoms in total. The van der Waals surface area contributed by atoms with E-state index in [0.717, 1.165) is 25.7 Å². The van der Waals surface area contributed by atoms with Gasteiger partial charge in [-0.1, -0.05) is 20.8 Å². The van der Waals surface area contributed by atoms with E-state index in [1.165, 1.54) is 25.9 Å². The smallest absolute Gasteiger partial charge is 0.0223 e. The molecule has 1 aliphatic rings. The highest BCUT2D eigenvalue weighted by molar-refractivity contribution is 4.83. The quantitative estimate of drug-likeness (QED) is 0.770. The van der Waals surface area contributed by atoms with Crippen LogP contribution in [0.2, 0.25) is 0 Å². The fraction of sp³-hybridized carbons (Fsp3) is 1.00. The van der Waals surface area contributed by atoms with Crippen LogP contribution in [-0.2, 0) is 0 Å². The van der Waals surface area contributed by atoms with Crippen LogP contribution in [0, 0.1) is 5.41 Å². The second-order valence-corrected chi connectivity index (χ2v) is 5.99. The Hall–Kier alpha value is -0.120. The van der Waals surface area contributed by atoms with Crippen LogP contribution >= 0.6 is 0 Å². The van der Waals surface area contributed by atoms with E-state index in [4.69, 9.17) is 5.73 Å². The first-order chi connectivity index (χ1) is 7.48. The summed E-state index contributed by atoms with van der Waals surface area (Å²) in [5.74, 6) is 0. The van der Waals surface area contributed by atoms with Gasteiger partial charge < -0.3 is 10.6 Å². The first kappa shape index (κ1) is 13.9. The SMILES string of the molecule is CCN(CC(C)(C)CN)C1CCCN(C)C1. The van der Waals surface area contributed by atoms with Gasteiger partial charge in [0.15, 0.2) is 0 Å². The molecule has 16 heavy (non-hydrogen) atoms. The zero-order chi connectivity index (χ0) is 12.2. The third-order valence-corrected chi connectivity index (χ3v) is 3.71. The molecule has 1 rings (SSSR count). The van der Waals surface area contributed by atoms with E-state index in [2.05, 4.69) is 37.6 Å². The van der Waals surface area contributed by atoms with Gasteiger partial charge in [-0.2, -0.15) is 0 Å². The molecule has 0 aromatic rings. The first-order valence-corrected chi connectivity index (χ1v) is 6.61. The standard InChI is InChI=1S/C13H29N3/c1-5-16(11-13(2,3)10-14)12-7-6-8-15(4)9-12/h12H,5-11,14H2,1-4H3. The van der Waals surface area contributed by atoms with Crippen molar-refractivity contribution in [3.05, 3.63) is 0 Å². The van der Waals surface area contributed by atoms with Crippen LogP contribution in [0.5, 0.6) is 0 Å². The molecule has 3 heteroatoms. The van der Waals surface area contributed by atoms with Gasteiger partial charge in [0.2, 0.25) is 0 Å². The lowest BCUT2D eigenvalue weighted by Crippen LogP contribution is -2.50. The van der Waals surface area contributed by atoms with Gasteiger partial charge in [0.25, 0.3) is 0 Å². The molecule has 0 bridgehead atoms. The Morgan fingerprint density at radius 3 is 2.62 bits per heavy atom. The topological polar surface area (TPSA) is 32.5 Å². The normalized spacial score (nSPS) is 24.0. The summed E-state index contributed by atoms with van der Waals surface area (Å²) >= 11 is 0. The molecule has 0 amide bonds. The van der Waals surface area contributed by atoms with Crippen LogP contribution in [0.15, 0.2) is 0 Å². The number of piperidine rings is 1. The van der Waals surface area contributed by atoms with Crippen LogP contribution in [-0.4, -0.2) is 55.6 Å². The van der Waals surface area contributed by atoms with Gasteiger partial charge >= 0.3 is 0 Å². The minimum Gasteiger partial charge on any atom is -0.330 e. The maximum atomic E-state index is 5.83. The Kier molecular flexibility index (Phi) is 5.22. The predicted molar refractivity (Wildman–Crippen MR) is 70.6 cm³/mol. The molecular formula is C13H29N3. The van der Waals surface area contributed by atoms with Gasteiger partial charge in [-0.05, 0) is 44.9 Å². The summed E-state index contributed by atoms with van der Waals surface area (Å²) in [6.45, 7) is 12.3. The number of likely N-dealkylation sites (N-methyl/N-ethyl adjacent to an activating group) is 2. The molecule has 0 aromatic carbocycles. The first-order valence-electron chi connectivity index (χ1n) is 6.61. The van der Waals surface area contributed by atoms with Gasteiger partial charge in [0, 0.05) is 19.1 Å². The van der Waals surface area contributed by atoms with E-state index < -0.39 is 0 Å². The summed E-state index contributed by atoms with van der Waals surface area (Å²) in [6.07, 6.45) is 2.68. The molecule has 1 aliphatic heterocycles. The largest absolute Gasteiger partial charge is 0.330 e. The lowest BCUT2D eigenvalue weighted by atomic mass is 9.91. The van der Waals surface area contributed by atoms with Crippen LogP contribution in [0.3, 0.4) is 0 Å². The number of hydrogen-bond donors (Lipinski definition) is 1. The van der Waals surface area contributed by atoms with Crippen LogP contribution < -0.4 is 5.73 Å². The van der Waals surface area contributed by atoms with E-state index in [9.17, 15) is 0 Å². The molecule has 0 aliphatic carbocycles. The Morgan fingerprint density at radius 2 is 2.12 bits per heavy atom. The molecule has 1 atom stereocenters. The average molecular weight is 227 g/mol. The van der Waals surface area contributed by atoms with Crippen molar-refractivity contribution in [1.82, 2.24) is 9.80 Å². The highest BCUT2D eigenvalue weighted by atomic mass is 15.2. The fourth-order valence-electron chi connectivity index (χ4n) is 2.55. The van der Waals surface area contributed by atoms with Gasteiger partial charge in [-0.25, -0.2) is 0 Å². The second-order valence-electron chi connectivity index (χ2n) is 5.99. The van der Waals surface area contributed by atoms with Crippen LogP contribution in [0.1, 0.15) is 33.6 Å². The molecule has 1 fully saturated rings. The van der Waals surface area contributed by atoms with E-state index in [1.807, 2.05) is 0 Å². The van der Waals surface area contributed by atoms with E-state index in [-0.39, 0.29) is 5.41 Å².